The first-order valence-electron chi connectivity index (χ1n) is 8.61. The van der Waals surface area contributed by atoms with E-state index in [4.69, 9.17) is 0 Å². The number of hydrogen-bond donors (Lipinski definition) is 1. The van der Waals surface area contributed by atoms with Gasteiger partial charge in [-0.1, -0.05) is 18.2 Å². The minimum absolute atomic E-state index is 0.0441. The number of amides is 1. The highest BCUT2D eigenvalue weighted by Crippen LogP contribution is 2.36. The van der Waals surface area contributed by atoms with Crippen LogP contribution < -0.4 is 5.32 Å². The number of nitrogens with one attached hydrogen (secondary N) is 1. The van der Waals surface area contributed by atoms with Crippen molar-refractivity contribution in [3.05, 3.63) is 89.2 Å². The van der Waals surface area contributed by atoms with Crippen LogP contribution in [-0.2, 0) is 18.9 Å². The lowest BCUT2D eigenvalue weighted by Gasteiger charge is -2.14. The zero-order chi connectivity index (χ0) is 21.9. The number of rotatable bonds is 4. The Bertz CT molecular complexity index is 996. The Morgan fingerprint density at radius 3 is 1.93 bits per heavy atom. The van der Waals surface area contributed by atoms with Crippen molar-refractivity contribution in [1.82, 2.24) is 10.3 Å². The Balaban J connectivity index is 1.75. The van der Waals surface area contributed by atoms with Crippen LogP contribution in [0.3, 0.4) is 0 Å². The van der Waals surface area contributed by atoms with E-state index in [0.717, 1.165) is 11.1 Å². The molecule has 0 saturated carbocycles. The third-order valence-electron chi connectivity index (χ3n) is 4.24. The molecule has 0 spiro atoms. The molecule has 0 radical (unpaired) electrons. The topological polar surface area (TPSA) is 42.0 Å². The highest BCUT2D eigenvalue weighted by Gasteiger charge is 2.36. The number of hydrogen-bond acceptors (Lipinski definition) is 2. The summed E-state index contributed by atoms with van der Waals surface area (Å²) in [4.78, 5) is 16.3. The molecule has 0 bridgehead atoms. The Morgan fingerprint density at radius 1 is 0.833 bits per heavy atom. The quantitative estimate of drug-likeness (QED) is 0.545. The van der Waals surface area contributed by atoms with Gasteiger partial charge in [-0.3, -0.25) is 9.78 Å². The summed E-state index contributed by atoms with van der Waals surface area (Å²) in [6.07, 6.45) is -6.63. The molecule has 0 atom stereocenters. The van der Waals surface area contributed by atoms with Crippen molar-refractivity contribution in [2.75, 3.05) is 0 Å². The molecular weight excluding hydrogens is 410 g/mol. The zero-order valence-electron chi connectivity index (χ0n) is 15.2. The fraction of sp³-hybridized carbons (Fsp3) is 0.143. The summed E-state index contributed by atoms with van der Waals surface area (Å²) in [5.74, 6) is -0.626. The highest BCUT2D eigenvalue weighted by molar-refractivity contribution is 5.94. The number of pyridine rings is 1. The van der Waals surface area contributed by atoms with E-state index in [2.05, 4.69) is 10.3 Å². The van der Waals surface area contributed by atoms with Gasteiger partial charge >= 0.3 is 12.4 Å². The van der Waals surface area contributed by atoms with Gasteiger partial charge < -0.3 is 5.32 Å². The molecule has 156 valence electrons. The summed E-state index contributed by atoms with van der Waals surface area (Å²) in [5, 5.41) is 2.35. The molecule has 9 heteroatoms. The molecule has 1 N–H and O–H groups in total. The monoisotopic (exact) mass is 424 g/mol. The van der Waals surface area contributed by atoms with Crippen molar-refractivity contribution in [2.24, 2.45) is 0 Å². The van der Waals surface area contributed by atoms with Crippen molar-refractivity contribution in [3.8, 4) is 11.1 Å². The smallest absolute Gasteiger partial charge is 0.348 e. The van der Waals surface area contributed by atoms with E-state index >= 15 is 0 Å². The molecule has 3 aromatic rings. The first-order valence-corrected chi connectivity index (χ1v) is 8.61. The zero-order valence-corrected chi connectivity index (χ0v) is 15.2. The Kier molecular flexibility index (Phi) is 5.82. The van der Waals surface area contributed by atoms with Gasteiger partial charge in [0.25, 0.3) is 5.91 Å². The first kappa shape index (κ1) is 21.4. The van der Waals surface area contributed by atoms with Gasteiger partial charge in [0.05, 0.1) is 11.1 Å². The van der Waals surface area contributed by atoms with Gasteiger partial charge in [0.1, 0.15) is 0 Å². The van der Waals surface area contributed by atoms with Crippen LogP contribution in [0, 0.1) is 0 Å². The first-order chi connectivity index (χ1) is 14.0. The van der Waals surface area contributed by atoms with Gasteiger partial charge in [0, 0.05) is 24.5 Å². The van der Waals surface area contributed by atoms with E-state index in [-0.39, 0.29) is 17.2 Å². The molecular formula is C21H14F6N2O. The average molecular weight is 424 g/mol. The highest BCUT2D eigenvalue weighted by atomic mass is 19.4. The summed E-state index contributed by atoms with van der Waals surface area (Å²) >= 11 is 0. The number of aromatic nitrogens is 1. The third kappa shape index (κ3) is 5.16. The molecule has 1 heterocycles. The van der Waals surface area contributed by atoms with E-state index < -0.39 is 35.9 Å². The molecule has 0 unspecified atom stereocenters. The molecule has 3 rings (SSSR count). The Labute approximate surface area is 167 Å². The van der Waals surface area contributed by atoms with E-state index in [1.807, 2.05) is 6.07 Å². The fourth-order valence-corrected chi connectivity index (χ4v) is 2.75. The lowest BCUT2D eigenvalue weighted by molar-refractivity contribution is -0.143. The maximum atomic E-state index is 12.9. The second-order valence-electron chi connectivity index (χ2n) is 6.42. The standard InChI is InChI=1S/C21H14F6N2O/c22-20(23,24)17-8-13(9-18(10-17)21(25,26)27)11-29-19(30)15-5-3-14(4-6-15)16-2-1-7-28-12-16/h1-10,12H,11H2,(H,29,30). The Hall–Kier alpha value is -3.36. The molecule has 0 aliphatic rings. The van der Waals surface area contributed by atoms with Crippen LogP contribution in [0.25, 0.3) is 11.1 Å². The number of alkyl halides is 6. The SMILES string of the molecule is O=C(NCc1cc(C(F)(F)F)cc(C(F)(F)F)c1)c1ccc(-c2cccnc2)cc1. The third-order valence-corrected chi connectivity index (χ3v) is 4.24. The number of halogens is 6. The summed E-state index contributed by atoms with van der Waals surface area (Å²) in [6.45, 7) is -0.490. The molecule has 0 fully saturated rings. The number of carbonyl (C=O) groups excluding carboxylic acids is 1. The summed E-state index contributed by atoms with van der Waals surface area (Å²) < 4.78 is 77.5. The number of carbonyl (C=O) groups is 1. The van der Waals surface area contributed by atoms with Crippen molar-refractivity contribution in [1.29, 1.82) is 0 Å². The predicted octanol–water partition coefficient (Wildman–Crippen LogP) is 5.72. The van der Waals surface area contributed by atoms with Crippen LogP contribution in [0.15, 0.2) is 67.0 Å². The maximum absolute atomic E-state index is 12.9. The van der Waals surface area contributed by atoms with E-state index in [1.54, 1.807) is 30.6 Å². The second-order valence-corrected chi connectivity index (χ2v) is 6.42. The lowest BCUT2D eigenvalue weighted by atomic mass is 10.0. The van der Waals surface area contributed by atoms with Gasteiger partial charge in [-0.2, -0.15) is 26.3 Å². The minimum Gasteiger partial charge on any atom is -0.348 e. The van der Waals surface area contributed by atoms with Crippen LogP contribution in [0.4, 0.5) is 26.3 Å². The number of nitrogens with zero attached hydrogens (tertiary/aromatic N) is 1. The summed E-state index contributed by atoms with van der Waals surface area (Å²) in [5.41, 5.74) is -1.33. The molecule has 30 heavy (non-hydrogen) atoms. The molecule has 0 aliphatic carbocycles. The lowest BCUT2D eigenvalue weighted by Crippen LogP contribution is -2.23. The molecule has 3 nitrogen and oxygen atoms in total. The van der Waals surface area contributed by atoms with Crippen LogP contribution in [0.2, 0.25) is 0 Å². The normalized spacial score (nSPS) is 11.9. The molecule has 0 aliphatic heterocycles. The van der Waals surface area contributed by atoms with Crippen molar-refractivity contribution in [2.45, 2.75) is 18.9 Å². The molecule has 0 saturated heterocycles. The second kappa shape index (κ2) is 8.17. The molecule has 2 aromatic carbocycles. The van der Waals surface area contributed by atoms with Gasteiger partial charge in [-0.15, -0.1) is 0 Å². The van der Waals surface area contributed by atoms with Crippen molar-refractivity contribution < 1.29 is 31.1 Å². The van der Waals surface area contributed by atoms with Gasteiger partial charge in [-0.05, 0) is 53.1 Å². The summed E-state index contributed by atoms with van der Waals surface area (Å²) in [6, 6.07) is 11.1. The largest absolute Gasteiger partial charge is 0.416 e. The van der Waals surface area contributed by atoms with Crippen LogP contribution in [0.5, 0.6) is 0 Å². The van der Waals surface area contributed by atoms with E-state index in [0.29, 0.717) is 12.1 Å². The average Bonchev–Trinajstić information content (AvgIpc) is 2.71. The molecule has 1 amide bonds. The van der Waals surface area contributed by atoms with Crippen LogP contribution in [-0.4, -0.2) is 10.9 Å². The van der Waals surface area contributed by atoms with Crippen LogP contribution in [0.1, 0.15) is 27.0 Å². The maximum Gasteiger partial charge on any atom is 0.416 e. The van der Waals surface area contributed by atoms with Gasteiger partial charge in [-0.25, -0.2) is 0 Å². The fourth-order valence-electron chi connectivity index (χ4n) is 2.75. The minimum atomic E-state index is -4.94. The Morgan fingerprint density at radius 2 is 1.43 bits per heavy atom. The molecule has 1 aromatic heterocycles. The summed E-state index contributed by atoms with van der Waals surface area (Å²) in [7, 11) is 0. The predicted molar refractivity (Wildman–Crippen MR) is 97.3 cm³/mol. The van der Waals surface area contributed by atoms with Gasteiger partial charge in [0.15, 0.2) is 0 Å². The van der Waals surface area contributed by atoms with Gasteiger partial charge in [0.2, 0.25) is 0 Å². The number of benzene rings is 2. The van der Waals surface area contributed by atoms with Crippen molar-refractivity contribution >= 4 is 5.91 Å². The van der Waals surface area contributed by atoms with E-state index in [1.165, 1.54) is 12.1 Å². The van der Waals surface area contributed by atoms with Crippen LogP contribution >= 0.6 is 0 Å². The van der Waals surface area contributed by atoms with E-state index in [9.17, 15) is 31.1 Å². The van der Waals surface area contributed by atoms with Crippen molar-refractivity contribution in [3.63, 3.8) is 0 Å².